The summed E-state index contributed by atoms with van der Waals surface area (Å²) in [6, 6.07) is 3.80. The molecule has 2 aromatic rings. The summed E-state index contributed by atoms with van der Waals surface area (Å²) in [6.07, 6.45) is 3.62. The number of morpholine rings is 1. The minimum atomic E-state index is -0.245. The van der Waals surface area contributed by atoms with Crippen molar-refractivity contribution in [1.29, 1.82) is 0 Å². The lowest BCUT2D eigenvalue weighted by Gasteiger charge is -2.23. The van der Waals surface area contributed by atoms with E-state index in [4.69, 9.17) is 13.9 Å². The Balaban J connectivity index is 1.31. The van der Waals surface area contributed by atoms with Crippen molar-refractivity contribution < 1.29 is 23.6 Å². The number of amides is 1. The number of benzene rings is 1. The van der Waals surface area contributed by atoms with E-state index in [9.17, 15) is 9.59 Å². The van der Waals surface area contributed by atoms with Crippen molar-refractivity contribution in [2.24, 2.45) is 0 Å². The summed E-state index contributed by atoms with van der Waals surface area (Å²) in [5, 5.41) is 3.89. The van der Waals surface area contributed by atoms with E-state index < -0.39 is 0 Å². The highest BCUT2D eigenvalue weighted by molar-refractivity contribution is 5.86. The first-order valence-electron chi connectivity index (χ1n) is 10.5. The third-order valence-electron chi connectivity index (χ3n) is 5.93. The van der Waals surface area contributed by atoms with Crippen LogP contribution in [0.15, 0.2) is 21.3 Å². The smallest absolute Gasteiger partial charge is 0.339 e. The number of rotatable bonds is 7. The molecule has 0 saturated carbocycles. The molecule has 1 saturated heterocycles. The van der Waals surface area contributed by atoms with Crippen LogP contribution in [-0.4, -0.2) is 51.9 Å². The lowest BCUT2D eigenvalue weighted by molar-refractivity contribution is -0.908. The number of fused-ring (bicyclic) bond motifs is 3. The van der Waals surface area contributed by atoms with E-state index in [1.807, 2.05) is 19.1 Å². The normalized spacial score (nSPS) is 16.7. The van der Waals surface area contributed by atoms with Gasteiger partial charge in [0.15, 0.2) is 6.61 Å². The van der Waals surface area contributed by atoms with E-state index >= 15 is 0 Å². The highest BCUT2D eigenvalue weighted by atomic mass is 16.5. The summed E-state index contributed by atoms with van der Waals surface area (Å²) in [5.41, 5.74) is 3.00. The van der Waals surface area contributed by atoms with Crippen LogP contribution in [0.25, 0.3) is 11.0 Å². The van der Waals surface area contributed by atoms with Gasteiger partial charge >= 0.3 is 5.63 Å². The van der Waals surface area contributed by atoms with E-state index in [2.05, 4.69) is 5.32 Å². The standard InChI is InChI=1S/C22H28N2O5/c1-15-19(7-6-17-16-4-2-5-18(16)22(26)29-21(15)17)28-14-20(25)23-8-3-9-24-10-12-27-13-11-24/h6-7H,2-5,8-14H2,1H3,(H,23,25)/p+1. The second-order valence-electron chi connectivity index (χ2n) is 7.87. The zero-order valence-corrected chi connectivity index (χ0v) is 17.0. The third-order valence-corrected chi connectivity index (χ3v) is 5.93. The third kappa shape index (κ3) is 4.46. The monoisotopic (exact) mass is 401 g/mol. The molecule has 156 valence electrons. The van der Waals surface area contributed by atoms with Gasteiger partial charge in [-0.2, -0.15) is 0 Å². The topological polar surface area (TPSA) is 82.2 Å². The second-order valence-corrected chi connectivity index (χ2v) is 7.87. The average Bonchev–Trinajstić information content (AvgIpc) is 3.23. The summed E-state index contributed by atoms with van der Waals surface area (Å²) in [7, 11) is 0. The summed E-state index contributed by atoms with van der Waals surface area (Å²) in [5.74, 6) is 0.434. The fourth-order valence-electron chi connectivity index (χ4n) is 4.29. The molecule has 0 unspecified atom stereocenters. The lowest BCUT2D eigenvalue weighted by atomic mass is 10.0. The fraction of sp³-hybridized carbons (Fsp3) is 0.545. The minimum Gasteiger partial charge on any atom is -0.483 e. The number of nitrogens with one attached hydrogen (secondary N) is 2. The molecule has 2 heterocycles. The maximum atomic E-state index is 12.2. The van der Waals surface area contributed by atoms with E-state index in [1.54, 1.807) is 0 Å². The summed E-state index contributed by atoms with van der Waals surface area (Å²) < 4.78 is 16.6. The Labute approximate surface area is 170 Å². The van der Waals surface area contributed by atoms with Crippen LogP contribution in [-0.2, 0) is 22.4 Å². The minimum absolute atomic E-state index is 0.0497. The van der Waals surface area contributed by atoms with Crippen molar-refractivity contribution >= 4 is 16.9 Å². The second kappa shape index (κ2) is 8.97. The van der Waals surface area contributed by atoms with Crippen LogP contribution < -0.4 is 20.6 Å². The first-order chi connectivity index (χ1) is 14.1. The highest BCUT2D eigenvalue weighted by Crippen LogP contribution is 2.32. The van der Waals surface area contributed by atoms with Gasteiger partial charge in [0.1, 0.15) is 24.4 Å². The molecule has 1 amide bonds. The Morgan fingerprint density at radius 2 is 2.00 bits per heavy atom. The first kappa shape index (κ1) is 19.9. The molecule has 1 fully saturated rings. The van der Waals surface area contributed by atoms with Gasteiger partial charge in [0.2, 0.25) is 0 Å². The zero-order valence-electron chi connectivity index (χ0n) is 17.0. The summed E-state index contributed by atoms with van der Waals surface area (Å²) in [4.78, 5) is 25.9. The molecule has 1 aromatic heterocycles. The SMILES string of the molecule is Cc1c(OCC(=O)NCCC[NH+]2CCOCC2)ccc2c3c(c(=O)oc12)CCC3. The van der Waals surface area contributed by atoms with E-state index in [-0.39, 0.29) is 18.1 Å². The lowest BCUT2D eigenvalue weighted by Crippen LogP contribution is -3.14. The van der Waals surface area contributed by atoms with Crippen LogP contribution in [0, 0.1) is 6.92 Å². The number of carbonyl (C=O) groups excluding carboxylic acids is 1. The van der Waals surface area contributed by atoms with E-state index in [1.165, 1.54) is 4.90 Å². The van der Waals surface area contributed by atoms with Gasteiger partial charge in [0.25, 0.3) is 5.91 Å². The number of quaternary nitrogens is 1. The molecule has 0 radical (unpaired) electrons. The maximum absolute atomic E-state index is 12.2. The molecule has 0 bridgehead atoms. The Bertz CT molecular complexity index is 946. The summed E-state index contributed by atoms with van der Waals surface area (Å²) >= 11 is 0. The van der Waals surface area contributed by atoms with Gasteiger partial charge in [-0.3, -0.25) is 4.79 Å². The molecule has 2 N–H and O–H groups in total. The molecule has 0 spiro atoms. The van der Waals surface area contributed by atoms with Gasteiger partial charge in [-0.1, -0.05) is 0 Å². The van der Waals surface area contributed by atoms with Crippen LogP contribution in [0.2, 0.25) is 0 Å². The number of hydrogen-bond donors (Lipinski definition) is 2. The van der Waals surface area contributed by atoms with Crippen molar-refractivity contribution in [1.82, 2.24) is 5.32 Å². The molecule has 1 aromatic carbocycles. The molecule has 0 atom stereocenters. The number of hydrogen-bond acceptors (Lipinski definition) is 5. The number of carbonyl (C=O) groups is 1. The van der Waals surface area contributed by atoms with E-state index in [0.29, 0.717) is 17.9 Å². The van der Waals surface area contributed by atoms with Crippen LogP contribution in [0.3, 0.4) is 0 Å². The Hall–Kier alpha value is -2.38. The molecule has 7 nitrogen and oxygen atoms in total. The zero-order chi connectivity index (χ0) is 20.2. The molecule has 29 heavy (non-hydrogen) atoms. The van der Waals surface area contributed by atoms with Gasteiger partial charge in [-0.25, -0.2) is 4.79 Å². The number of ether oxygens (including phenoxy) is 2. The van der Waals surface area contributed by atoms with Gasteiger partial charge in [-0.15, -0.1) is 0 Å². The first-order valence-corrected chi connectivity index (χ1v) is 10.5. The Kier molecular flexibility index (Phi) is 6.16. The molecule has 1 aliphatic carbocycles. The maximum Gasteiger partial charge on any atom is 0.339 e. The van der Waals surface area contributed by atoms with Crippen LogP contribution in [0.5, 0.6) is 5.75 Å². The van der Waals surface area contributed by atoms with Crippen molar-refractivity contribution in [3.05, 3.63) is 39.2 Å². The predicted molar refractivity (Wildman–Crippen MR) is 109 cm³/mol. The molecule has 1 aliphatic heterocycles. The Morgan fingerprint density at radius 1 is 1.21 bits per heavy atom. The van der Waals surface area contributed by atoms with E-state index in [0.717, 1.165) is 80.6 Å². The molecule has 2 aliphatic rings. The van der Waals surface area contributed by atoms with Crippen LogP contribution in [0.1, 0.15) is 29.5 Å². The van der Waals surface area contributed by atoms with Gasteiger partial charge in [0.05, 0.1) is 19.8 Å². The summed E-state index contributed by atoms with van der Waals surface area (Å²) in [6.45, 7) is 7.22. The van der Waals surface area contributed by atoms with Gasteiger partial charge in [0, 0.05) is 29.5 Å². The Morgan fingerprint density at radius 3 is 2.83 bits per heavy atom. The fourth-order valence-corrected chi connectivity index (χ4v) is 4.29. The van der Waals surface area contributed by atoms with Crippen molar-refractivity contribution in [3.63, 3.8) is 0 Å². The number of aryl methyl sites for hydroxylation is 2. The van der Waals surface area contributed by atoms with Crippen molar-refractivity contribution in [2.75, 3.05) is 46.0 Å². The van der Waals surface area contributed by atoms with Gasteiger partial charge < -0.3 is 24.1 Å². The van der Waals surface area contributed by atoms with Crippen molar-refractivity contribution in [3.8, 4) is 5.75 Å². The molecule has 4 rings (SSSR count). The van der Waals surface area contributed by atoms with Crippen molar-refractivity contribution in [2.45, 2.75) is 32.6 Å². The largest absolute Gasteiger partial charge is 0.483 e. The molecular formula is C22H29N2O5+. The van der Waals surface area contributed by atoms with Crippen LogP contribution >= 0.6 is 0 Å². The molecule has 7 heteroatoms. The predicted octanol–water partition coefficient (Wildman–Crippen LogP) is 0.390. The molecular weight excluding hydrogens is 372 g/mol. The van der Waals surface area contributed by atoms with Crippen LogP contribution in [0.4, 0.5) is 0 Å². The highest BCUT2D eigenvalue weighted by Gasteiger charge is 2.21. The quantitative estimate of drug-likeness (QED) is 0.518. The van der Waals surface area contributed by atoms with Gasteiger partial charge in [-0.05, 0) is 43.9 Å². The average molecular weight is 401 g/mol.